The molecule has 4 aromatic carbocycles. The third-order valence-corrected chi connectivity index (χ3v) is 11.3. The summed E-state index contributed by atoms with van der Waals surface area (Å²) < 4.78 is 12.4. The summed E-state index contributed by atoms with van der Waals surface area (Å²) in [5.41, 5.74) is 10.3. The predicted molar refractivity (Wildman–Crippen MR) is 210 cm³/mol. The van der Waals surface area contributed by atoms with Crippen LogP contribution in [-0.2, 0) is 35.6 Å². The van der Waals surface area contributed by atoms with E-state index in [0.717, 1.165) is 50.7 Å². The first-order valence-corrected chi connectivity index (χ1v) is 19.5. The van der Waals surface area contributed by atoms with Gasteiger partial charge in [-0.05, 0) is 17.0 Å². The van der Waals surface area contributed by atoms with E-state index in [1.807, 2.05) is 6.20 Å². The fraction of sp³-hybridized carbons (Fsp3) is 0.348. The molecule has 0 saturated heterocycles. The van der Waals surface area contributed by atoms with E-state index in [2.05, 4.69) is 200 Å². The van der Waals surface area contributed by atoms with E-state index in [4.69, 9.17) is 9.72 Å². The van der Waals surface area contributed by atoms with Gasteiger partial charge in [0.2, 0.25) is 0 Å². The molecule has 272 valence electrons. The van der Waals surface area contributed by atoms with Gasteiger partial charge >= 0.3 is 278 Å². The number of para-hydroxylation sites is 2. The van der Waals surface area contributed by atoms with Gasteiger partial charge in [-0.1, -0.05) is 20.8 Å². The van der Waals surface area contributed by atoms with Crippen LogP contribution in [0.15, 0.2) is 91.1 Å². The van der Waals surface area contributed by atoms with Crippen LogP contribution < -0.4 is 9.64 Å². The quantitative estimate of drug-likeness (QED) is 0.162. The Morgan fingerprint density at radius 1 is 0.692 bits per heavy atom. The van der Waals surface area contributed by atoms with Crippen LogP contribution in [0.25, 0.3) is 22.4 Å². The molecule has 6 heteroatoms. The molecule has 7 rings (SSSR count). The fourth-order valence-corrected chi connectivity index (χ4v) is 8.07. The van der Waals surface area contributed by atoms with Crippen LogP contribution in [0.5, 0.6) is 11.5 Å². The van der Waals surface area contributed by atoms with Gasteiger partial charge in [-0.2, -0.15) is 0 Å². The molecule has 5 nitrogen and oxygen atoms in total. The topological polar surface area (TPSA) is 35.2 Å². The van der Waals surface area contributed by atoms with E-state index < -0.39 is 0 Å². The van der Waals surface area contributed by atoms with Gasteiger partial charge in [0.05, 0.1) is 0 Å². The monoisotopic (exact) mass is 869 g/mol. The number of nitrogens with zero attached hydrogens (tertiary/aromatic N) is 4. The van der Waals surface area contributed by atoms with Gasteiger partial charge in [0.1, 0.15) is 0 Å². The van der Waals surface area contributed by atoms with Gasteiger partial charge in [-0.25, -0.2) is 0 Å². The summed E-state index contributed by atoms with van der Waals surface area (Å²) in [6, 6.07) is 37.9. The van der Waals surface area contributed by atoms with Crippen molar-refractivity contribution in [2.45, 2.75) is 97.8 Å². The Labute approximate surface area is 320 Å². The van der Waals surface area contributed by atoms with Crippen LogP contribution in [0.4, 0.5) is 11.5 Å². The van der Waals surface area contributed by atoms with E-state index in [1.54, 1.807) is 0 Å². The van der Waals surface area contributed by atoms with Crippen LogP contribution in [0.2, 0.25) is 0 Å². The molecule has 6 aromatic rings. The third-order valence-electron chi connectivity index (χ3n) is 10.3. The first-order valence-electron chi connectivity index (χ1n) is 18.3. The maximum absolute atomic E-state index is 6.75. The number of anilines is 2. The zero-order chi connectivity index (χ0) is 37.2. The first-order chi connectivity index (χ1) is 24.5. The summed E-state index contributed by atoms with van der Waals surface area (Å²) in [5, 5.41) is 0. The molecule has 0 bridgehead atoms. The Bertz CT molecular complexity index is 2330. The van der Waals surface area contributed by atoms with E-state index in [1.165, 1.54) is 22.3 Å². The van der Waals surface area contributed by atoms with E-state index in [9.17, 15) is 0 Å². The van der Waals surface area contributed by atoms with Crippen LogP contribution in [0.3, 0.4) is 0 Å². The number of hydrogen-bond acceptors (Lipinski definition) is 3. The van der Waals surface area contributed by atoms with Crippen molar-refractivity contribution in [3.63, 3.8) is 0 Å². The van der Waals surface area contributed by atoms with Gasteiger partial charge in [-0.3, -0.25) is 0 Å². The molecule has 0 fully saturated rings. The summed E-state index contributed by atoms with van der Waals surface area (Å²) in [6.45, 7) is 23.4. The molecule has 1 aliphatic rings. The summed E-state index contributed by atoms with van der Waals surface area (Å²) in [5.74, 6) is 2.70. The number of pyridine rings is 1. The second-order valence-electron chi connectivity index (χ2n) is 17.3. The zero-order valence-corrected chi connectivity index (χ0v) is 34.4. The SMILES string of the molecule is CC1CCN(c2cc(C(C)(C)C)ccn2)c2[c-]c(Oc3[c-]c(-n4[c](=[Pt])n(-c5ccc(C(C)(C)C)cc5)c5ccccc54)cc(C(C)(C)C)c3)ccc21. The first kappa shape index (κ1) is 36.2. The fourth-order valence-electron chi connectivity index (χ4n) is 6.96. The Morgan fingerprint density at radius 2 is 1.35 bits per heavy atom. The van der Waals surface area contributed by atoms with Crippen LogP contribution in [0, 0.1) is 15.9 Å². The number of fused-ring (bicyclic) bond motifs is 2. The van der Waals surface area contributed by atoms with Gasteiger partial charge in [0.25, 0.3) is 0 Å². The number of benzene rings is 4. The third kappa shape index (κ3) is 6.97. The maximum atomic E-state index is 6.75. The van der Waals surface area contributed by atoms with Crippen molar-refractivity contribution in [2.75, 3.05) is 11.4 Å². The standard InChI is InChI=1S/C46H50N4O.Pt/c1-31-22-24-48(43-27-33(21-23-47-43)45(5,6)7)42-29-37(19-20-39(31)42)51-38-26-34(46(8,9)10)25-36(28-38)50-30-49(40-13-11-12-14-41(40)50)35-17-15-32(16-18-35)44(2,3)4;/h11-21,23,25-27,31H,22,24H2,1-10H3;/q-2;. The number of rotatable bonds is 5. The number of hydrogen-bond donors (Lipinski definition) is 0. The summed E-state index contributed by atoms with van der Waals surface area (Å²) in [4.78, 5) is 7.13. The molecule has 0 radical (unpaired) electrons. The summed E-state index contributed by atoms with van der Waals surface area (Å²) >= 11 is 2.46. The van der Waals surface area contributed by atoms with Crippen LogP contribution >= 0.6 is 0 Å². The molecule has 0 N–H and O–H groups in total. The Kier molecular flexibility index (Phi) is 9.27. The van der Waals surface area contributed by atoms with E-state index in [0.29, 0.717) is 17.4 Å². The normalized spacial score (nSPS) is 15.2. The van der Waals surface area contributed by atoms with Crippen molar-refractivity contribution >= 4 is 22.5 Å². The van der Waals surface area contributed by atoms with Gasteiger partial charge in [0, 0.05) is 6.20 Å². The van der Waals surface area contributed by atoms with E-state index >= 15 is 0 Å². The minimum absolute atomic E-state index is 0.0307. The van der Waals surface area contributed by atoms with Gasteiger partial charge in [-0.15, -0.1) is 0 Å². The molecular formula is C46H50N4OPt-2. The molecule has 1 unspecified atom stereocenters. The number of aromatic nitrogens is 3. The molecule has 0 saturated carbocycles. The average Bonchev–Trinajstić information content (AvgIpc) is 3.38. The summed E-state index contributed by atoms with van der Waals surface area (Å²) in [7, 11) is 0. The molecule has 0 amide bonds. The minimum atomic E-state index is -0.120. The van der Waals surface area contributed by atoms with Crippen molar-refractivity contribution in [1.82, 2.24) is 14.1 Å². The molecule has 1 aliphatic heterocycles. The Morgan fingerprint density at radius 3 is 2.00 bits per heavy atom. The Balaban J connectivity index is 1.32. The van der Waals surface area contributed by atoms with Crippen molar-refractivity contribution in [2.24, 2.45) is 0 Å². The van der Waals surface area contributed by atoms with Crippen LogP contribution in [0.1, 0.15) is 104 Å². The van der Waals surface area contributed by atoms with E-state index in [-0.39, 0.29) is 16.2 Å². The average molecular weight is 870 g/mol. The molecule has 0 spiro atoms. The summed E-state index contributed by atoms with van der Waals surface area (Å²) in [6.07, 6.45) is 2.98. The van der Waals surface area contributed by atoms with Crippen molar-refractivity contribution in [3.8, 4) is 22.9 Å². The number of imidazole rings is 1. The molecule has 3 heterocycles. The molecule has 1 atom stereocenters. The van der Waals surface area contributed by atoms with Gasteiger partial charge in [0.15, 0.2) is 0 Å². The van der Waals surface area contributed by atoms with Crippen molar-refractivity contribution < 1.29 is 24.1 Å². The molecule has 2 aromatic heterocycles. The predicted octanol–water partition coefficient (Wildman–Crippen LogP) is 11.8. The zero-order valence-electron chi connectivity index (χ0n) is 32.2. The molecule has 52 heavy (non-hydrogen) atoms. The second-order valence-corrected chi connectivity index (χ2v) is 18.3. The Hall–Kier alpha value is -4.21. The van der Waals surface area contributed by atoms with Crippen LogP contribution in [-0.4, -0.2) is 20.7 Å². The molecular weight excluding hydrogens is 820 g/mol. The van der Waals surface area contributed by atoms with Crippen molar-refractivity contribution in [3.05, 3.63) is 129 Å². The molecule has 0 aliphatic carbocycles. The van der Waals surface area contributed by atoms with Gasteiger partial charge < -0.3 is 0 Å². The second kappa shape index (κ2) is 13.3. The van der Waals surface area contributed by atoms with Crippen molar-refractivity contribution in [1.29, 1.82) is 0 Å². The number of ether oxygens (including phenoxy) is 1.